The average Bonchev–Trinajstić information content (AvgIpc) is 3.21. The molecule has 0 saturated heterocycles. The van der Waals surface area contributed by atoms with Crippen molar-refractivity contribution in [2.75, 3.05) is 29.1 Å². The lowest BCUT2D eigenvalue weighted by Gasteiger charge is -2.59. The quantitative estimate of drug-likeness (QED) is 0.0786. The van der Waals surface area contributed by atoms with E-state index < -0.39 is 17.1 Å². The second-order valence-corrected chi connectivity index (χ2v) is 19.1. The molecule has 0 heterocycles. The number of allylic oxidation sites excluding steroid dienone is 1. The zero-order chi connectivity index (χ0) is 43.7. The molecule has 10 nitrogen and oxygen atoms in total. The predicted octanol–water partition coefficient (Wildman–Crippen LogP) is 11.4. The van der Waals surface area contributed by atoms with Crippen molar-refractivity contribution in [1.29, 1.82) is 5.26 Å². The minimum atomic E-state index is -0.709. The van der Waals surface area contributed by atoms with Gasteiger partial charge in [0.1, 0.15) is 11.7 Å². The minimum Gasteiger partial charge on any atom is -0.389 e. The molecule has 0 aliphatic heterocycles. The van der Waals surface area contributed by atoms with Crippen molar-refractivity contribution in [2.45, 2.75) is 90.3 Å². The van der Waals surface area contributed by atoms with Gasteiger partial charge in [-0.25, -0.2) is 9.59 Å². The third kappa shape index (κ3) is 9.89. The SMILES string of the molecule is C=C(C)c1cccc(C(C)(C)NC(=O)Nc2ccc(N(C)CC3C4CC5CC3CC(O/N=C(\C)c3cccc(C(C)(C)NC(=O)Nc6ccc(Cl)c(C#N)c6)c3)(C5)C4)cc2)c1. The molecule has 61 heavy (non-hydrogen) atoms. The van der Waals surface area contributed by atoms with Crippen molar-refractivity contribution in [1.82, 2.24) is 10.6 Å². The van der Waals surface area contributed by atoms with E-state index in [-0.39, 0.29) is 11.6 Å². The third-order valence-electron chi connectivity index (χ3n) is 13.1. The van der Waals surface area contributed by atoms with Crippen LogP contribution in [0.5, 0.6) is 0 Å². The summed E-state index contributed by atoms with van der Waals surface area (Å²) in [7, 11) is 2.17. The molecule has 4 N–H and O–H groups in total. The molecule has 2 unspecified atom stereocenters. The van der Waals surface area contributed by atoms with Gasteiger partial charge in [0.15, 0.2) is 0 Å². The number of nitriles is 1. The Morgan fingerprint density at radius 2 is 1.39 bits per heavy atom. The van der Waals surface area contributed by atoms with Gasteiger partial charge >= 0.3 is 12.1 Å². The Labute approximate surface area is 365 Å². The van der Waals surface area contributed by atoms with E-state index in [9.17, 15) is 14.9 Å². The minimum absolute atomic E-state index is 0.244. The fourth-order valence-corrected chi connectivity index (χ4v) is 10.1. The van der Waals surface area contributed by atoms with Crippen LogP contribution in [0.2, 0.25) is 5.02 Å². The normalized spacial score (nSPS) is 21.9. The molecular formula is C50H58ClN7O3. The van der Waals surface area contributed by atoms with Gasteiger partial charge < -0.3 is 31.0 Å². The van der Waals surface area contributed by atoms with E-state index in [1.54, 1.807) is 18.2 Å². The van der Waals surface area contributed by atoms with E-state index in [1.807, 2.05) is 102 Å². The zero-order valence-electron chi connectivity index (χ0n) is 36.4. The van der Waals surface area contributed by atoms with Crippen LogP contribution in [0.15, 0.2) is 103 Å². The van der Waals surface area contributed by atoms with Crippen molar-refractivity contribution in [3.63, 3.8) is 0 Å². The van der Waals surface area contributed by atoms with Gasteiger partial charge in [-0.2, -0.15) is 5.26 Å². The van der Waals surface area contributed by atoms with Crippen molar-refractivity contribution in [3.05, 3.63) is 130 Å². The number of nitrogens with one attached hydrogen (secondary N) is 4. The summed E-state index contributed by atoms with van der Waals surface area (Å²) in [4.78, 5) is 35.1. The topological polar surface area (TPSA) is 131 Å². The number of hydrogen-bond donors (Lipinski definition) is 4. The molecule has 0 spiro atoms. The Hall–Kier alpha value is -5.79. The number of halogens is 1. The number of carbonyl (C=O) groups excluding carboxylic acids is 2. The molecule has 4 aliphatic carbocycles. The monoisotopic (exact) mass is 839 g/mol. The number of hydrogen-bond acceptors (Lipinski definition) is 6. The molecule has 318 valence electrons. The molecule has 4 bridgehead atoms. The zero-order valence-corrected chi connectivity index (χ0v) is 37.1. The van der Waals surface area contributed by atoms with Crippen molar-refractivity contribution >= 4 is 52.0 Å². The second-order valence-electron chi connectivity index (χ2n) is 18.7. The van der Waals surface area contributed by atoms with Crippen LogP contribution < -0.4 is 26.2 Å². The van der Waals surface area contributed by atoms with Gasteiger partial charge in [0, 0.05) is 30.7 Å². The summed E-state index contributed by atoms with van der Waals surface area (Å²) in [5.74, 6) is 2.39. The van der Waals surface area contributed by atoms with Crippen LogP contribution in [0.25, 0.3) is 5.57 Å². The van der Waals surface area contributed by atoms with Gasteiger partial charge in [-0.15, -0.1) is 0 Å². The summed E-state index contributed by atoms with van der Waals surface area (Å²) in [6.07, 6.45) is 5.55. The molecule has 2 atom stereocenters. The Morgan fingerprint density at radius 3 is 1.98 bits per heavy atom. The van der Waals surface area contributed by atoms with Gasteiger partial charge in [-0.3, -0.25) is 0 Å². The van der Waals surface area contributed by atoms with Crippen LogP contribution in [0.3, 0.4) is 0 Å². The highest BCUT2D eigenvalue weighted by Gasteiger charge is 2.57. The molecule has 4 amide bonds. The highest BCUT2D eigenvalue weighted by atomic mass is 35.5. The van der Waals surface area contributed by atoms with Crippen molar-refractivity contribution in [3.8, 4) is 6.07 Å². The van der Waals surface area contributed by atoms with Crippen LogP contribution in [0.4, 0.5) is 26.7 Å². The summed E-state index contributed by atoms with van der Waals surface area (Å²) < 4.78 is 0. The fourth-order valence-electron chi connectivity index (χ4n) is 9.94. The van der Waals surface area contributed by atoms with E-state index >= 15 is 0 Å². The molecule has 11 heteroatoms. The number of urea groups is 2. The molecular weight excluding hydrogens is 782 g/mol. The molecule has 4 fully saturated rings. The first-order valence-electron chi connectivity index (χ1n) is 21.2. The van der Waals surface area contributed by atoms with Gasteiger partial charge in [0.25, 0.3) is 0 Å². The standard InChI is InChI=1S/C50H58ClN7O3/c1-31(2)34-11-9-13-39(23-34)48(4,5)55-46(59)53-41-15-18-43(19-16-41)58(8)30-44-36-21-33-22-37(44)28-50(26-33,27-36)61-57-32(3)35-12-10-14-40(24-35)49(6,7)56-47(60)54-42-17-20-45(51)38(25-42)29-52/h9-20,23-25,33,36-37,44H,1,21-22,26-28,30H2,2-8H3,(H2,53,55,59)(H2,54,56,60)/b57-32+. The highest BCUT2D eigenvalue weighted by molar-refractivity contribution is 6.31. The van der Waals surface area contributed by atoms with E-state index in [2.05, 4.69) is 58.0 Å². The summed E-state index contributed by atoms with van der Waals surface area (Å²) in [5, 5.41) is 26.4. The van der Waals surface area contributed by atoms with Crippen LogP contribution in [-0.4, -0.2) is 37.0 Å². The molecule has 4 aromatic carbocycles. The first kappa shape index (κ1) is 43.3. The molecule has 8 rings (SSSR count). The lowest BCUT2D eigenvalue weighted by atomic mass is 9.50. The van der Waals surface area contributed by atoms with Crippen molar-refractivity contribution in [2.24, 2.45) is 28.8 Å². The molecule has 4 aliphatic rings. The number of rotatable bonds is 13. The number of oxime groups is 1. The van der Waals surface area contributed by atoms with Gasteiger partial charge in [-0.1, -0.05) is 65.3 Å². The third-order valence-corrected chi connectivity index (χ3v) is 13.4. The van der Waals surface area contributed by atoms with Gasteiger partial charge in [0.2, 0.25) is 0 Å². The lowest BCUT2D eigenvalue weighted by molar-refractivity contribution is -0.181. The number of anilines is 3. The first-order chi connectivity index (χ1) is 28.9. The average molecular weight is 841 g/mol. The number of benzene rings is 4. The van der Waals surface area contributed by atoms with Gasteiger partial charge in [0.05, 0.1) is 27.4 Å². The predicted molar refractivity (Wildman–Crippen MR) is 247 cm³/mol. The largest absolute Gasteiger partial charge is 0.389 e. The first-order valence-corrected chi connectivity index (χ1v) is 21.6. The fraction of sp³-hybridized carbons (Fsp3) is 0.400. The van der Waals surface area contributed by atoms with Crippen LogP contribution in [0.1, 0.15) is 101 Å². The maximum atomic E-state index is 13.1. The van der Waals surface area contributed by atoms with E-state index in [0.29, 0.717) is 39.9 Å². The highest BCUT2D eigenvalue weighted by Crippen LogP contribution is 2.60. The number of carbonyl (C=O) groups is 2. The summed E-state index contributed by atoms with van der Waals surface area (Å²) in [5.41, 5.74) is 6.83. The Balaban J connectivity index is 0.930. The Bertz CT molecular complexity index is 2370. The summed E-state index contributed by atoms with van der Waals surface area (Å²) >= 11 is 6.06. The Kier molecular flexibility index (Phi) is 12.3. The van der Waals surface area contributed by atoms with Crippen LogP contribution in [-0.2, 0) is 15.9 Å². The lowest BCUT2D eigenvalue weighted by Crippen LogP contribution is -2.57. The molecule has 4 saturated carbocycles. The molecule has 4 aromatic rings. The van der Waals surface area contributed by atoms with E-state index in [1.165, 1.54) is 12.8 Å². The summed E-state index contributed by atoms with van der Waals surface area (Å²) in [6, 6.07) is 30.5. The molecule has 0 aromatic heterocycles. The smallest absolute Gasteiger partial charge is 0.319 e. The number of nitrogens with zero attached hydrogens (tertiary/aromatic N) is 3. The van der Waals surface area contributed by atoms with E-state index in [4.69, 9.17) is 21.6 Å². The molecule has 0 radical (unpaired) electrons. The second kappa shape index (κ2) is 17.3. The summed E-state index contributed by atoms with van der Waals surface area (Å²) in [6.45, 7) is 16.9. The Morgan fingerprint density at radius 1 is 0.836 bits per heavy atom. The number of amides is 4. The maximum absolute atomic E-state index is 13.1. The van der Waals surface area contributed by atoms with Crippen LogP contribution >= 0.6 is 11.6 Å². The van der Waals surface area contributed by atoms with Crippen molar-refractivity contribution < 1.29 is 14.4 Å². The van der Waals surface area contributed by atoms with Gasteiger partial charge in [-0.05, 0) is 174 Å². The van der Waals surface area contributed by atoms with E-state index in [0.717, 1.165) is 70.7 Å². The van der Waals surface area contributed by atoms with Crippen LogP contribution in [0, 0.1) is 35.0 Å². The maximum Gasteiger partial charge on any atom is 0.319 e.